The molecule has 1 N–H and O–H groups in total. The standard InChI is InChI=1S/C19H19N3OS2/c1-4-14-9-10-24-17(14)18(23)22-15-5-7-16(8-6-15)25-19-20-12(2)11-13(3)21-19/h5-11H,4H2,1-3H3,(H,22,23). The molecular weight excluding hydrogens is 350 g/mol. The first-order valence-electron chi connectivity index (χ1n) is 8.03. The van der Waals surface area contributed by atoms with Gasteiger partial charge in [-0.3, -0.25) is 4.79 Å². The van der Waals surface area contributed by atoms with E-state index in [0.717, 1.165) is 44.0 Å². The Labute approximate surface area is 155 Å². The number of carbonyl (C=O) groups is 1. The van der Waals surface area contributed by atoms with Crippen LogP contribution in [-0.4, -0.2) is 15.9 Å². The van der Waals surface area contributed by atoms with Gasteiger partial charge in [-0.1, -0.05) is 6.92 Å². The van der Waals surface area contributed by atoms with E-state index in [0.29, 0.717) is 0 Å². The molecule has 0 aliphatic heterocycles. The predicted molar refractivity (Wildman–Crippen MR) is 104 cm³/mol. The number of amides is 1. The van der Waals surface area contributed by atoms with Crippen molar-refractivity contribution in [2.75, 3.05) is 5.32 Å². The number of hydrogen-bond donors (Lipinski definition) is 1. The van der Waals surface area contributed by atoms with Gasteiger partial charge in [0.2, 0.25) is 0 Å². The van der Waals surface area contributed by atoms with Crippen LogP contribution in [0, 0.1) is 13.8 Å². The van der Waals surface area contributed by atoms with Crippen molar-refractivity contribution in [3.05, 3.63) is 63.6 Å². The summed E-state index contributed by atoms with van der Waals surface area (Å²) in [7, 11) is 0. The fourth-order valence-electron chi connectivity index (χ4n) is 2.45. The smallest absolute Gasteiger partial charge is 0.266 e. The summed E-state index contributed by atoms with van der Waals surface area (Å²) in [6.45, 7) is 5.99. The molecule has 0 radical (unpaired) electrons. The number of hydrogen-bond acceptors (Lipinski definition) is 5. The molecule has 3 aromatic rings. The highest BCUT2D eigenvalue weighted by Crippen LogP contribution is 2.27. The lowest BCUT2D eigenvalue weighted by Gasteiger charge is -2.07. The topological polar surface area (TPSA) is 54.9 Å². The normalized spacial score (nSPS) is 10.7. The molecule has 0 saturated heterocycles. The third-order valence-corrected chi connectivity index (χ3v) is 5.45. The summed E-state index contributed by atoms with van der Waals surface area (Å²) in [5, 5.41) is 5.65. The summed E-state index contributed by atoms with van der Waals surface area (Å²) in [6.07, 6.45) is 0.859. The molecule has 0 aliphatic carbocycles. The van der Waals surface area contributed by atoms with E-state index in [-0.39, 0.29) is 5.91 Å². The first kappa shape index (κ1) is 17.6. The molecule has 25 heavy (non-hydrogen) atoms. The number of aryl methyl sites for hydroxylation is 3. The fraction of sp³-hybridized carbons (Fsp3) is 0.211. The van der Waals surface area contributed by atoms with E-state index < -0.39 is 0 Å². The minimum Gasteiger partial charge on any atom is -0.321 e. The Morgan fingerprint density at radius 3 is 2.44 bits per heavy atom. The molecule has 128 valence electrons. The highest BCUT2D eigenvalue weighted by atomic mass is 32.2. The van der Waals surface area contributed by atoms with Gasteiger partial charge in [0.15, 0.2) is 5.16 Å². The minimum atomic E-state index is -0.0510. The number of aromatic nitrogens is 2. The van der Waals surface area contributed by atoms with Gasteiger partial charge in [0, 0.05) is 22.0 Å². The van der Waals surface area contributed by atoms with Crippen LogP contribution in [0.5, 0.6) is 0 Å². The van der Waals surface area contributed by atoms with Gasteiger partial charge in [-0.15, -0.1) is 11.3 Å². The largest absolute Gasteiger partial charge is 0.321 e. The molecule has 1 aromatic carbocycles. The predicted octanol–water partition coefficient (Wildman–Crippen LogP) is 5.12. The Balaban J connectivity index is 1.69. The molecular formula is C19H19N3OS2. The summed E-state index contributed by atoms with van der Waals surface area (Å²) < 4.78 is 0. The Bertz CT molecular complexity index is 868. The zero-order chi connectivity index (χ0) is 17.8. The maximum atomic E-state index is 12.4. The SMILES string of the molecule is CCc1ccsc1C(=O)Nc1ccc(Sc2nc(C)cc(C)n2)cc1. The third-order valence-electron chi connectivity index (χ3n) is 3.62. The van der Waals surface area contributed by atoms with Gasteiger partial charge in [-0.25, -0.2) is 9.97 Å². The van der Waals surface area contributed by atoms with Gasteiger partial charge >= 0.3 is 0 Å². The monoisotopic (exact) mass is 369 g/mol. The van der Waals surface area contributed by atoms with Crippen molar-refractivity contribution in [2.45, 2.75) is 37.2 Å². The van der Waals surface area contributed by atoms with Crippen molar-refractivity contribution in [3.8, 4) is 0 Å². The molecule has 0 spiro atoms. The van der Waals surface area contributed by atoms with E-state index in [9.17, 15) is 4.79 Å². The Morgan fingerprint density at radius 2 is 1.80 bits per heavy atom. The molecule has 3 rings (SSSR count). The van der Waals surface area contributed by atoms with Crippen molar-refractivity contribution in [2.24, 2.45) is 0 Å². The maximum Gasteiger partial charge on any atom is 0.266 e. The highest BCUT2D eigenvalue weighted by Gasteiger charge is 2.12. The van der Waals surface area contributed by atoms with E-state index in [1.54, 1.807) is 0 Å². The zero-order valence-electron chi connectivity index (χ0n) is 14.4. The lowest BCUT2D eigenvalue weighted by Crippen LogP contribution is -2.11. The van der Waals surface area contributed by atoms with E-state index in [1.807, 2.05) is 55.6 Å². The lowest BCUT2D eigenvalue weighted by molar-refractivity contribution is 0.103. The van der Waals surface area contributed by atoms with Crippen molar-refractivity contribution in [3.63, 3.8) is 0 Å². The van der Waals surface area contributed by atoms with Gasteiger partial charge in [0.25, 0.3) is 5.91 Å². The molecule has 0 aliphatic rings. The summed E-state index contributed by atoms with van der Waals surface area (Å²) >= 11 is 2.99. The van der Waals surface area contributed by atoms with Crippen molar-refractivity contribution in [1.29, 1.82) is 0 Å². The molecule has 0 unspecified atom stereocenters. The second-order valence-corrected chi connectivity index (χ2v) is 7.60. The van der Waals surface area contributed by atoms with Gasteiger partial charge in [-0.05, 0) is 79.4 Å². The fourth-order valence-corrected chi connectivity index (χ4v) is 4.20. The number of thiophene rings is 1. The van der Waals surface area contributed by atoms with Gasteiger partial charge in [-0.2, -0.15) is 0 Å². The number of carbonyl (C=O) groups excluding carboxylic acids is 1. The van der Waals surface area contributed by atoms with E-state index in [4.69, 9.17) is 0 Å². The molecule has 4 nitrogen and oxygen atoms in total. The Morgan fingerprint density at radius 1 is 1.12 bits per heavy atom. The quantitative estimate of drug-likeness (QED) is 0.634. The summed E-state index contributed by atoms with van der Waals surface area (Å²) in [4.78, 5) is 23.1. The van der Waals surface area contributed by atoms with Crippen LogP contribution in [-0.2, 0) is 6.42 Å². The molecule has 0 fully saturated rings. The average molecular weight is 370 g/mol. The Kier molecular flexibility index (Phi) is 5.50. The van der Waals surface area contributed by atoms with Gasteiger partial charge < -0.3 is 5.32 Å². The number of nitrogens with zero attached hydrogens (tertiary/aromatic N) is 2. The van der Waals surface area contributed by atoms with Crippen molar-refractivity contribution >= 4 is 34.7 Å². The third kappa shape index (κ3) is 4.46. The zero-order valence-corrected chi connectivity index (χ0v) is 16.0. The van der Waals surface area contributed by atoms with E-state index in [2.05, 4.69) is 22.2 Å². The summed E-state index contributed by atoms with van der Waals surface area (Å²) in [6, 6.07) is 11.7. The van der Waals surface area contributed by atoms with E-state index >= 15 is 0 Å². The minimum absolute atomic E-state index is 0.0510. The van der Waals surface area contributed by atoms with Crippen LogP contribution in [0.4, 0.5) is 5.69 Å². The van der Waals surface area contributed by atoms with Crippen LogP contribution >= 0.6 is 23.1 Å². The van der Waals surface area contributed by atoms with Gasteiger partial charge in [0.05, 0.1) is 4.88 Å². The Hall–Kier alpha value is -2.18. The van der Waals surface area contributed by atoms with Crippen molar-refractivity contribution in [1.82, 2.24) is 9.97 Å². The van der Waals surface area contributed by atoms with Crippen LogP contribution in [0.3, 0.4) is 0 Å². The number of benzene rings is 1. The first-order valence-corrected chi connectivity index (χ1v) is 9.72. The molecule has 2 aromatic heterocycles. The maximum absolute atomic E-state index is 12.4. The first-order chi connectivity index (χ1) is 12.0. The number of nitrogens with one attached hydrogen (secondary N) is 1. The molecule has 0 atom stereocenters. The van der Waals surface area contributed by atoms with Gasteiger partial charge in [0.1, 0.15) is 0 Å². The second-order valence-electron chi connectivity index (χ2n) is 5.64. The van der Waals surface area contributed by atoms with Crippen LogP contribution in [0.2, 0.25) is 0 Å². The number of rotatable bonds is 5. The highest BCUT2D eigenvalue weighted by molar-refractivity contribution is 7.99. The molecule has 6 heteroatoms. The van der Waals surface area contributed by atoms with Crippen LogP contribution in [0.1, 0.15) is 33.5 Å². The van der Waals surface area contributed by atoms with Crippen LogP contribution in [0.25, 0.3) is 0 Å². The molecule has 2 heterocycles. The molecule has 1 amide bonds. The summed E-state index contributed by atoms with van der Waals surface area (Å²) in [5.74, 6) is -0.0510. The average Bonchev–Trinajstić information content (AvgIpc) is 3.04. The van der Waals surface area contributed by atoms with Crippen molar-refractivity contribution < 1.29 is 4.79 Å². The molecule has 0 bridgehead atoms. The van der Waals surface area contributed by atoms with Crippen LogP contribution < -0.4 is 5.32 Å². The van der Waals surface area contributed by atoms with Crippen LogP contribution in [0.15, 0.2) is 51.8 Å². The second kappa shape index (κ2) is 7.80. The number of anilines is 1. The summed E-state index contributed by atoms with van der Waals surface area (Å²) in [5.41, 5.74) is 3.79. The molecule has 0 saturated carbocycles. The lowest BCUT2D eigenvalue weighted by atomic mass is 10.2. The van der Waals surface area contributed by atoms with E-state index in [1.165, 1.54) is 23.1 Å².